The predicted molar refractivity (Wildman–Crippen MR) is 119 cm³/mol. The first-order chi connectivity index (χ1) is 16.0. The van der Waals surface area contributed by atoms with Gasteiger partial charge in [0.05, 0.1) is 0 Å². The second-order valence-corrected chi connectivity index (χ2v) is 9.87. The minimum absolute atomic E-state index is 0.0454. The van der Waals surface area contributed by atoms with Crippen LogP contribution < -0.4 is 5.32 Å². The standard InChI is InChI=1S/C24H23BrF4N2O3/c25-17-3-1-2-16(12-17)23(34,24(27,28)29)21(33)31-10-8-22(9-11-31)13-20(32)30-14-19(22)15-4-6-18(26)7-5-15/h1-7,12,19,34H,8-11,13-14H2,(H,30,32)/t19-,23-/m0/s1. The normalized spacial score (nSPS) is 22.2. The molecular formula is C24H23BrF4N2O3. The van der Waals surface area contributed by atoms with E-state index in [1.807, 2.05) is 0 Å². The van der Waals surface area contributed by atoms with E-state index in [0.717, 1.165) is 22.6 Å². The molecule has 2 amide bonds. The Labute approximate surface area is 202 Å². The molecule has 0 radical (unpaired) electrons. The number of piperidine rings is 2. The average Bonchev–Trinajstić information content (AvgIpc) is 2.79. The SMILES string of the molecule is O=C1CC2(CCN(C(=O)[C@@](O)(c3cccc(Br)c3)C(F)(F)F)CC2)[C@H](c2ccc(F)cc2)CN1. The van der Waals surface area contributed by atoms with Crippen LogP contribution in [0.25, 0.3) is 0 Å². The Balaban J connectivity index is 1.60. The van der Waals surface area contributed by atoms with Crippen molar-refractivity contribution in [3.8, 4) is 0 Å². The fraction of sp³-hybridized carbons (Fsp3) is 0.417. The predicted octanol–water partition coefficient (Wildman–Crippen LogP) is 4.25. The van der Waals surface area contributed by atoms with Crippen molar-refractivity contribution in [2.75, 3.05) is 19.6 Å². The highest BCUT2D eigenvalue weighted by molar-refractivity contribution is 9.10. The lowest BCUT2D eigenvalue weighted by atomic mass is 9.62. The van der Waals surface area contributed by atoms with Gasteiger partial charge in [0, 0.05) is 42.0 Å². The second kappa shape index (κ2) is 8.96. The smallest absolute Gasteiger partial charge is 0.369 e. The Morgan fingerprint density at radius 1 is 1.12 bits per heavy atom. The fourth-order valence-electron chi connectivity index (χ4n) is 5.14. The monoisotopic (exact) mass is 542 g/mol. The highest BCUT2D eigenvalue weighted by Crippen LogP contribution is 2.50. The van der Waals surface area contributed by atoms with Gasteiger partial charge >= 0.3 is 6.18 Å². The third-order valence-corrected chi connectivity index (χ3v) is 7.53. The number of rotatable bonds is 3. The first-order valence-electron chi connectivity index (χ1n) is 10.8. The minimum Gasteiger partial charge on any atom is -0.369 e. The van der Waals surface area contributed by atoms with Crippen molar-refractivity contribution in [3.05, 3.63) is 69.9 Å². The zero-order valence-corrected chi connectivity index (χ0v) is 19.6. The van der Waals surface area contributed by atoms with Crippen LogP contribution in [0.2, 0.25) is 0 Å². The van der Waals surface area contributed by atoms with E-state index in [1.54, 1.807) is 12.1 Å². The largest absolute Gasteiger partial charge is 0.430 e. The van der Waals surface area contributed by atoms with Gasteiger partial charge in [0.25, 0.3) is 11.5 Å². The number of amides is 2. The molecule has 0 bridgehead atoms. The molecule has 2 aromatic rings. The summed E-state index contributed by atoms with van der Waals surface area (Å²) >= 11 is 3.09. The molecule has 10 heteroatoms. The minimum atomic E-state index is -5.23. The van der Waals surface area contributed by atoms with E-state index in [4.69, 9.17) is 0 Å². The van der Waals surface area contributed by atoms with E-state index < -0.39 is 34.5 Å². The molecule has 34 heavy (non-hydrogen) atoms. The van der Waals surface area contributed by atoms with Crippen molar-refractivity contribution >= 4 is 27.7 Å². The van der Waals surface area contributed by atoms with E-state index in [2.05, 4.69) is 21.2 Å². The van der Waals surface area contributed by atoms with Crippen molar-refractivity contribution in [1.29, 1.82) is 0 Å². The number of aliphatic hydroxyl groups is 1. The van der Waals surface area contributed by atoms with Gasteiger partial charge in [-0.25, -0.2) is 4.39 Å². The lowest BCUT2D eigenvalue weighted by Gasteiger charge is -2.50. The van der Waals surface area contributed by atoms with Gasteiger partial charge in [-0.2, -0.15) is 13.2 Å². The highest BCUT2D eigenvalue weighted by atomic mass is 79.9. The summed E-state index contributed by atoms with van der Waals surface area (Å²) in [6, 6.07) is 10.9. The van der Waals surface area contributed by atoms with Crippen LogP contribution >= 0.6 is 15.9 Å². The number of hydrogen-bond donors (Lipinski definition) is 2. The third kappa shape index (κ3) is 4.33. The summed E-state index contributed by atoms with van der Waals surface area (Å²) in [5.41, 5.74) is -4.02. The van der Waals surface area contributed by atoms with Crippen LogP contribution in [-0.2, 0) is 15.2 Å². The number of alkyl halides is 3. The van der Waals surface area contributed by atoms with Gasteiger partial charge in [0.2, 0.25) is 5.91 Å². The zero-order chi connectivity index (χ0) is 24.7. The van der Waals surface area contributed by atoms with Gasteiger partial charge in [0.1, 0.15) is 5.82 Å². The lowest BCUT2D eigenvalue weighted by Crippen LogP contribution is -2.59. The van der Waals surface area contributed by atoms with Crippen LogP contribution in [0.3, 0.4) is 0 Å². The molecule has 0 aromatic heterocycles. The number of carbonyl (C=O) groups is 2. The van der Waals surface area contributed by atoms with Crippen LogP contribution in [0.5, 0.6) is 0 Å². The highest BCUT2D eigenvalue weighted by Gasteiger charge is 2.62. The van der Waals surface area contributed by atoms with Crippen LogP contribution in [0.1, 0.15) is 36.3 Å². The van der Waals surface area contributed by atoms with E-state index in [1.165, 1.54) is 24.3 Å². The third-order valence-electron chi connectivity index (χ3n) is 7.04. The summed E-state index contributed by atoms with van der Waals surface area (Å²) in [6.45, 7) is 0.231. The van der Waals surface area contributed by atoms with Gasteiger partial charge in [-0.3, -0.25) is 9.59 Å². The molecule has 0 saturated carbocycles. The molecule has 2 aromatic carbocycles. The van der Waals surface area contributed by atoms with Crippen molar-refractivity contribution in [2.45, 2.75) is 37.0 Å². The molecule has 0 aliphatic carbocycles. The van der Waals surface area contributed by atoms with Crippen molar-refractivity contribution in [2.24, 2.45) is 5.41 Å². The molecule has 182 valence electrons. The molecule has 4 rings (SSSR count). The maximum Gasteiger partial charge on any atom is 0.430 e. The van der Waals surface area contributed by atoms with Crippen LogP contribution in [0.15, 0.2) is 53.0 Å². The molecule has 1 spiro atoms. The first-order valence-corrected chi connectivity index (χ1v) is 11.6. The molecule has 0 unspecified atom stereocenters. The topological polar surface area (TPSA) is 69.6 Å². The molecule has 2 aliphatic rings. The number of nitrogens with one attached hydrogen (secondary N) is 1. The average molecular weight is 543 g/mol. The second-order valence-electron chi connectivity index (χ2n) is 8.96. The molecule has 2 aliphatic heterocycles. The van der Waals surface area contributed by atoms with Crippen LogP contribution in [0.4, 0.5) is 17.6 Å². The molecule has 2 heterocycles. The van der Waals surface area contributed by atoms with E-state index in [0.29, 0.717) is 11.0 Å². The molecule has 2 atom stereocenters. The summed E-state index contributed by atoms with van der Waals surface area (Å²) in [5.74, 6) is -2.17. The Bertz CT molecular complexity index is 1080. The van der Waals surface area contributed by atoms with Crippen molar-refractivity contribution in [1.82, 2.24) is 10.2 Å². The molecular weight excluding hydrogens is 520 g/mol. The number of nitrogens with zero attached hydrogens (tertiary/aromatic N) is 1. The summed E-state index contributed by atoms with van der Waals surface area (Å²) in [7, 11) is 0. The number of halogens is 5. The van der Waals surface area contributed by atoms with Crippen molar-refractivity contribution in [3.63, 3.8) is 0 Å². The Kier molecular flexibility index (Phi) is 6.50. The summed E-state index contributed by atoms with van der Waals surface area (Å²) < 4.78 is 55.9. The van der Waals surface area contributed by atoms with Gasteiger partial charge in [0.15, 0.2) is 0 Å². The lowest BCUT2D eigenvalue weighted by molar-refractivity contribution is -0.262. The Morgan fingerprint density at radius 2 is 1.76 bits per heavy atom. The van der Waals surface area contributed by atoms with Crippen LogP contribution in [0, 0.1) is 11.2 Å². The molecule has 2 fully saturated rings. The van der Waals surface area contributed by atoms with Crippen LogP contribution in [-0.4, -0.2) is 47.6 Å². The number of hydrogen-bond acceptors (Lipinski definition) is 3. The maximum absolute atomic E-state index is 14.0. The van der Waals surface area contributed by atoms with Gasteiger partial charge in [-0.1, -0.05) is 40.2 Å². The summed E-state index contributed by atoms with van der Waals surface area (Å²) in [5, 5.41) is 13.5. The van der Waals surface area contributed by atoms with Gasteiger partial charge in [-0.15, -0.1) is 0 Å². The quantitative estimate of drug-likeness (QED) is 0.569. The maximum atomic E-state index is 14.0. The Hall–Kier alpha value is -2.46. The summed E-state index contributed by atoms with van der Waals surface area (Å²) in [4.78, 5) is 26.4. The fourth-order valence-corrected chi connectivity index (χ4v) is 5.53. The number of benzene rings is 2. The number of likely N-dealkylation sites (tertiary alicyclic amines) is 1. The van der Waals surface area contributed by atoms with E-state index in [-0.39, 0.29) is 44.2 Å². The van der Waals surface area contributed by atoms with Crippen molar-refractivity contribution < 1.29 is 32.3 Å². The van der Waals surface area contributed by atoms with Gasteiger partial charge < -0.3 is 15.3 Å². The first kappa shape index (κ1) is 24.7. The summed E-state index contributed by atoms with van der Waals surface area (Å²) in [6.07, 6.45) is -4.52. The van der Waals surface area contributed by atoms with Gasteiger partial charge in [-0.05, 0) is 48.1 Å². The zero-order valence-electron chi connectivity index (χ0n) is 18.0. The molecule has 5 nitrogen and oxygen atoms in total. The Morgan fingerprint density at radius 3 is 2.35 bits per heavy atom. The molecule has 2 saturated heterocycles. The van der Waals surface area contributed by atoms with E-state index >= 15 is 0 Å². The van der Waals surface area contributed by atoms with E-state index in [9.17, 15) is 32.3 Å². The molecule has 2 N–H and O–H groups in total. The number of carbonyl (C=O) groups excluding carboxylic acids is 2.